The van der Waals surface area contributed by atoms with Gasteiger partial charge in [-0.2, -0.15) is 4.98 Å². The van der Waals surface area contributed by atoms with Crippen molar-refractivity contribution in [2.45, 2.75) is 6.54 Å². The van der Waals surface area contributed by atoms with Crippen LogP contribution in [-0.4, -0.2) is 19.6 Å². The summed E-state index contributed by atoms with van der Waals surface area (Å²) in [5.74, 6) is 0.614. The molecule has 0 radical (unpaired) electrons. The molecule has 5 nitrogen and oxygen atoms in total. The quantitative estimate of drug-likeness (QED) is 0.544. The Kier molecular flexibility index (Phi) is 3.63. The molecular formula is C20H12ClN3O2S. The molecular weight excluding hydrogens is 382 g/mol. The molecule has 0 saturated carbocycles. The molecule has 0 aliphatic carbocycles. The van der Waals surface area contributed by atoms with Crippen LogP contribution >= 0.6 is 22.9 Å². The number of para-hydroxylation sites is 1. The second-order valence-electron chi connectivity index (χ2n) is 6.21. The summed E-state index contributed by atoms with van der Waals surface area (Å²) in [7, 11) is 0. The van der Waals surface area contributed by atoms with E-state index in [-0.39, 0.29) is 17.9 Å². The Bertz CT molecular complexity index is 1290. The summed E-state index contributed by atoms with van der Waals surface area (Å²) in [5, 5.41) is 14.3. The lowest BCUT2D eigenvalue weighted by molar-refractivity contribution is 0.389. The smallest absolute Gasteiger partial charge is 0.281 e. The first-order chi connectivity index (χ1) is 13.1. The minimum atomic E-state index is -0.307. The Labute approximate surface area is 162 Å². The van der Waals surface area contributed by atoms with E-state index in [1.54, 1.807) is 12.1 Å². The summed E-state index contributed by atoms with van der Waals surface area (Å²) in [6.07, 6.45) is 0. The normalized spacial score (nSPS) is 13.4. The molecule has 4 aromatic rings. The number of halogens is 1. The number of hydrogen-bond acceptors (Lipinski definition) is 5. The summed E-state index contributed by atoms with van der Waals surface area (Å²) < 4.78 is 1.85. The highest BCUT2D eigenvalue weighted by molar-refractivity contribution is 7.11. The van der Waals surface area contributed by atoms with Crippen LogP contribution in [0, 0.1) is 0 Å². The Morgan fingerprint density at radius 2 is 1.85 bits per heavy atom. The van der Waals surface area contributed by atoms with Gasteiger partial charge in [0.2, 0.25) is 0 Å². The SMILES string of the molecule is O=c1nc2n(c3ccccc13)CC(O)=C2c1nc(-c2ccc(Cl)cc2)cs1. The molecule has 132 valence electrons. The fraction of sp³-hybridized carbons (Fsp3) is 0.0500. The summed E-state index contributed by atoms with van der Waals surface area (Å²) in [6, 6.07) is 14.7. The molecule has 3 heterocycles. The average molecular weight is 394 g/mol. The number of rotatable bonds is 2. The van der Waals surface area contributed by atoms with Crippen LogP contribution in [-0.2, 0) is 6.54 Å². The van der Waals surface area contributed by atoms with Crippen LogP contribution in [0.15, 0.2) is 64.5 Å². The molecule has 1 aliphatic heterocycles. The van der Waals surface area contributed by atoms with Gasteiger partial charge in [-0.25, -0.2) is 4.98 Å². The number of fused-ring (bicyclic) bond motifs is 3. The summed E-state index contributed by atoms with van der Waals surface area (Å²) in [6.45, 7) is 0.272. The number of allylic oxidation sites excluding steroid dienone is 1. The molecule has 0 atom stereocenters. The van der Waals surface area contributed by atoms with Crippen molar-refractivity contribution in [2.75, 3.05) is 0 Å². The molecule has 2 aromatic heterocycles. The highest BCUT2D eigenvalue weighted by atomic mass is 35.5. The van der Waals surface area contributed by atoms with Gasteiger partial charge in [-0.05, 0) is 24.3 Å². The van der Waals surface area contributed by atoms with Gasteiger partial charge in [-0.15, -0.1) is 11.3 Å². The maximum absolute atomic E-state index is 12.4. The van der Waals surface area contributed by atoms with E-state index < -0.39 is 0 Å². The first-order valence-electron chi connectivity index (χ1n) is 8.26. The van der Waals surface area contributed by atoms with E-state index in [1.807, 2.05) is 46.3 Å². The van der Waals surface area contributed by atoms with E-state index in [0.29, 0.717) is 26.8 Å². The average Bonchev–Trinajstić information content (AvgIpc) is 3.27. The maximum atomic E-state index is 12.4. The van der Waals surface area contributed by atoms with E-state index >= 15 is 0 Å². The van der Waals surface area contributed by atoms with Crippen LogP contribution in [0.2, 0.25) is 5.02 Å². The molecule has 1 N–H and O–H groups in total. The first kappa shape index (κ1) is 16.2. The van der Waals surface area contributed by atoms with Gasteiger partial charge in [0.05, 0.1) is 28.7 Å². The lowest BCUT2D eigenvalue weighted by Gasteiger charge is -2.08. The second-order valence-corrected chi connectivity index (χ2v) is 7.50. The van der Waals surface area contributed by atoms with Gasteiger partial charge in [-0.1, -0.05) is 35.9 Å². The van der Waals surface area contributed by atoms with E-state index in [1.165, 1.54) is 11.3 Å². The van der Waals surface area contributed by atoms with Gasteiger partial charge < -0.3 is 9.67 Å². The van der Waals surface area contributed by atoms with E-state index in [2.05, 4.69) is 9.97 Å². The summed E-state index contributed by atoms with van der Waals surface area (Å²) >= 11 is 7.35. The van der Waals surface area contributed by atoms with Gasteiger partial charge in [0, 0.05) is 16.0 Å². The zero-order valence-corrected chi connectivity index (χ0v) is 15.5. The van der Waals surface area contributed by atoms with Crippen LogP contribution in [0.5, 0.6) is 0 Å². The number of aromatic nitrogens is 3. The van der Waals surface area contributed by atoms with Crippen molar-refractivity contribution in [1.82, 2.24) is 14.5 Å². The third-order valence-corrected chi connectivity index (χ3v) is 5.68. The monoisotopic (exact) mass is 393 g/mol. The topological polar surface area (TPSA) is 68.0 Å². The molecule has 0 spiro atoms. The molecule has 0 saturated heterocycles. The van der Waals surface area contributed by atoms with E-state index in [9.17, 15) is 9.90 Å². The number of aliphatic hydroxyl groups is 1. The van der Waals surface area contributed by atoms with Crippen LogP contribution in [0.4, 0.5) is 0 Å². The Morgan fingerprint density at radius 1 is 1.07 bits per heavy atom. The Morgan fingerprint density at radius 3 is 2.67 bits per heavy atom. The fourth-order valence-electron chi connectivity index (χ4n) is 3.29. The molecule has 5 rings (SSSR count). The Hall–Kier alpha value is -2.96. The molecule has 2 aromatic carbocycles. The lowest BCUT2D eigenvalue weighted by Crippen LogP contribution is -2.15. The van der Waals surface area contributed by atoms with Crippen molar-refractivity contribution in [3.05, 3.63) is 85.9 Å². The van der Waals surface area contributed by atoms with Crippen LogP contribution in [0.1, 0.15) is 10.8 Å². The van der Waals surface area contributed by atoms with E-state index in [4.69, 9.17) is 11.6 Å². The number of thiazole rings is 1. The van der Waals surface area contributed by atoms with Gasteiger partial charge >= 0.3 is 0 Å². The van der Waals surface area contributed by atoms with Gasteiger partial charge in [0.25, 0.3) is 5.56 Å². The highest BCUT2D eigenvalue weighted by Gasteiger charge is 2.28. The minimum Gasteiger partial charge on any atom is -0.510 e. The van der Waals surface area contributed by atoms with Crippen LogP contribution < -0.4 is 5.56 Å². The number of nitrogens with zero attached hydrogens (tertiary/aromatic N) is 3. The summed E-state index contributed by atoms with van der Waals surface area (Å²) in [5.41, 5.74) is 2.68. The molecule has 27 heavy (non-hydrogen) atoms. The molecule has 1 aliphatic rings. The van der Waals surface area contributed by atoms with Crippen LogP contribution in [0.25, 0.3) is 27.7 Å². The van der Waals surface area contributed by atoms with E-state index in [0.717, 1.165) is 16.8 Å². The number of aliphatic hydroxyl groups excluding tert-OH is 1. The molecule has 7 heteroatoms. The van der Waals surface area contributed by atoms with Crippen LogP contribution in [0.3, 0.4) is 0 Å². The second kappa shape index (κ2) is 6.04. The third-order valence-electron chi connectivity index (χ3n) is 4.57. The third kappa shape index (κ3) is 2.57. The molecule has 0 fully saturated rings. The van der Waals surface area contributed by atoms with Crippen molar-refractivity contribution < 1.29 is 5.11 Å². The highest BCUT2D eigenvalue weighted by Crippen LogP contribution is 2.35. The van der Waals surface area contributed by atoms with Crippen molar-refractivity contribution in [3.63, 3.8) is 0 Å². The molecule has 0 bridgehead atoms. The largest absolute Gasteiger partial charge is 0.510 e. The van der Waals surface area contributed by atoms with Crippen molar-refractivity contribution >= 4 is 39.4 Å². The van der Waals surface area contributed by atoms with Crippen molar-refractivity contribution in [3.8, 4) is 11.3 Å². The Balaban J connectivity index is 1.65. The molecule has 0 unspecified atom stereocenters. The summed E-state index contributed by atoms with van der Waals surface area (Å²) in [4.78, 5) is 21.3. The lowest BCUT2D eigenvalue weighted by atomic mass is 10.2. The van der Waals surface area contributed by atoms with Gasteiger partial charge in [0.15, 0.2) is 5.82 Å². The van der Waals surface area contributed by atoms with Crippen molar-refractivity contribution in [1.29, 1.82) is 0 Å². The maximum Gasteiger partial charge on any atom is 0.281 e. The first-order valence-corrected chi connectivity index (χ1v) is 9.51. The minimum absolute atomic E-state index is 0.162. The predicted molar refractivity (Wildman–Crippen MR) is 107 cm³/mol. The van der Waals surface area contributed by atoms with Crippen molar-refractivity contribution in [2.24, 2.45) is 0 Å². The van der Waals surface area contributed by atoms with Gasteiger partial charge in [0.1, 0.15) is 10.8 Å². The van der Waals surface area contributed by atoms with Gasteiger partial charge in [-0.3, -0.25) is 4.79 Å². The number of hydrogen-bond donors (Lipinski definition) is 1. The standard InChI is InChI=1S/C20H12ClN3O2S/c21-12-7-5-11(6-8-12)14-10-27-20(22-14)17-16(25)9-24-15-4-2-1-3-13(15)19(26)23-18(17)24/h1-8,10,25H,9H2. The molecule has 0 amide bonds. The number of benzene rings is 2. The predicted octanol–water partition coefficient (Wildman–Crippen LogP) is 4.50. The zero-order valence-electron chi connectivity index (χ0n) is 13.9. The zero-order chi connectivity index (χ0) is 18.5. The fourth-order valence-corrected chi connectivity index (χ4v) is 4.31.